The molecule has 1 heterocycles. The molecule has 0 radical (unpaired) electrons. The first kappa shape index (κ1) is 14.5. The minimum Gasteiger partial charge on any atom is -0.394 e. The van der Waals surface area contributed by atoms with E-state index in [1.807, 2.05) is 10.9 Å². The Morgan fingerprint density at radius 1 is 1.47 bits per heavy atom. The molecular formula is C15H27N3O. The van der Waals surface area contributed by atoms with Crippen molar-refractivity contribution in [2.24, 2.45) is 5.92 Å². The first-order valence-corrected chi connectivity index (χ1v) is 7.53. The van der Waals surface area contributed by atoms with Crippen molar-refractivity contribution in [1.82, 2.24) is 15.1 Å². The summed E-state index contributed by atoms with van der Waals surface area (Å²) in [6, 6.07) is 0.974. The zero-order chi connectivity index (χ0) is 13.8. The lowest BCUT2D eigenvalue weighted by Crippen LogP contribution is -2.33. The van der Waals surface area contributed by atoms with E-state index in [9.17, 15) is 0 Å². The first-order valence-electron chi connectivity index (χ1n) is 7.53. The molecule has 19 heavy (non-hydrogen) atoms. The highest BCUT2D eigenvalue weighted by atomic mass is 16.3. The molecule has 0 saturated heterocycles. The predicted molar refractivity (Wildman–Crippen MR) is 77.0 cm³/mol. The Kier molecular flexibility index (Phi) is 4.99. The van der Waals surface area contributed by atoms with Gasteiger partial charge in [-0.15, -0.1) is 0 Å². The van der Waals surface area contributed by atoms with Gasteiger partial charge in [-0.3, -0.25) is 4.68 Å². The Hall–Kier alpha value is -0.870. The van der Waals surface area contributed by atoms with E-state index in [4.69, 9.17) is 5.11 Å². The molecule has 1 aromatic rings. The lowest BCUT2D eigenvalue weighted by Gasteiger charge is -2.28. The minimum absolute atomic E-state index is 0.163. The van der Waals surface area contributed by atoms with E-state index in [0.29, 0.717) is 18.6 Å². The molecule has 0 saturated carbocycles. The number of fused-ring (bicyclic) bond motifs is 1. The van der Waals surface area contributed by atoms with Crippen molar-refractivity contribution in [1.29, 1.82) is 0 Å². The second kappa shape index (κ2) is 6.53. The summed E-state index contributed by atoms with van der Waals surface area (Å²) in [5, 5.41) is 17.2. The average molecular weight is 265 g/mol. The van der Waals surface area contributed by atoms with Crippen molar-refractivity contribution in [2.45, 2.75) is 65.1 Å². The maximum atomic E-state index is 9.07. The highest BCUT2D eigenvalue weighted by Crippen LogP contribution is 2.30. The fourth-order valence-corrected chi connectivity index (χ4v) is 3.20. The smallest absolute Gasteiger partial charge is 0.0644 e. The molecule has 2 rings (SSSR count). The average Bonchev–Trinajstić information content (AvgIpc) is 2.73. The highest BCUT2D eigenvalue weighted by molar-refractivity contribution is 5.25. The highest BCUT2D eigenvalue weighted by Gasteiger charge is 2.25. The number of hydrogen-bond acceptors (Lipinski definition) is 3. The van der Waals surface area contributed by atoms with Crippen LogP contribution in [0.5, 0.6) is 0 Å². The van der Waals surface area contributed by atoms with E-state index in [2.05, 4.69) is 31.2 Å². The van der Waals surface area contributed by atoms with E-state index in [1.165, 1.54) is 30.5 Å². The van der Waals surface area contributed by atoms with Gasteiger partial charge in [-0.05, 0) is 38.5 Å². The third kappa shape index (κ3) is 3.57. The van der Waals surface area contributed by atoms with E-state index in [0.717, 1.165) is 12.3 Å². The molecule has 1 aliphatic carbocycles. The summed E-state index contributed by atoms with van der Waals surface area (Å²) in [6.07, 6.45) is 6.68. The number of aromatic nitrogens is 2. The fourth-order valence-electron chi connectivity index (χ4n) is 3.20. The van der Waals surface area contributed by atoms with Crippen molar-refractivity contribution >= 4 is 0 Å². The third-order valence-electron chi connectivity index (χ3n) is 3.89. The molecule has 1 aliphatic rings. The second-order valence-electron chi connectivity index (χ2n) is 6.14. The topological polar surface area (TPSA) is 50.1 Å². The molecule has 2 N–H and O–H groups in total. The van der Waals surface area contributed by atoms with Crippen LogP contribution < -0.4 is 5.32 Å². The van der Waals surface area contributed by atoms with Crippen molar-refractivity contribution in [3.05, 3.63) is 17.5 Å². The van der Waals surface area contributed by atoms with Crippen LogP contribution in [0.25, 0.3) is 0 Å². The molecule has 2 atom stereocenters. The summed E-state index contributed by atoms with van der Waals surface area (Å²) in [5.41, 5.74) is 2.66. The van der Waals surface area contributed by atoms with E-state index in [-0.39, 0.29) is 6.61 Å². The number of rotatable bonds is 6. The summed E-state index contributed by atoms with van der Waals surface area (Å²) in [5.74, 6) is 0.725. The van der Waals surface area contributed by atoms with Crippen LogP contribution >= 0.6 is 0 Å². The maximum absolute atomic E-state index is 9.07. The van der Waals surface area contributed by atoms with Crippen molar-refractivity contribution in [2.75, 3.05) is 6.61 Å². The van der Waals surface area contributed by atoms with Gasteiger partial charge in [0.15, 0.2) is 0 Å². The standard InChI is InChI=1S/C15H27N3O/c1-11(2)9-12(3)17-14-5-4-6-15-13(14)10-16-18(15)7-8-19/h10-12,14,17,19H,4-9H2,1-3H3/t12-,14-/m0/s1. The zero-order valence-electron chi connectivity index (χ0n) is 12.4. The fraction of sp³-hybridized carbons (Fsp3) is 0.800. The van der Waals surface area contributed by atoms with Gasteiger partial charge in [0.05, 0.1) is 19.3 Å². The van der Waals surface area contributed by atoms with Crippen molar-refractivity contribution in [3.63, 3.8) is 0 Å². The van der Waals surface area contributed by atoms with Crippen LogP contribution in [0.15, 0.2) is 6.20 Å². The summed E-state index contributed by atoms with van der Waals surface area (Å²) >= 11 is 0. The number of nitrogens with zero attached hydrogens (tertiary/aromatic N) is 2. The van der Waals surface area contributed by atoms with Crippen LogP contribution in [0.4, 0.5) is 0 Å². The third-order valence-corrected chi connectivity index (χ3v) is 3.89. The van der Waals surface area contributed by atoms with Gasteiger partial charge >= 0.3 is 0 Å². The molecule has 0 unspecified atom stereocenters. The number of nitrogens with one attached hydrogen (secondary N) is 1. The van der Waals surface area contributed by atoms with Gasteiger partial charge in [0.1, 0.15) is 0 Å². The molecule has 1 aromatic heterocycles. The van der Waals surface area contributed by atoms with Gasteiger partial charge in [-0.25, -0.2) is 0 Å². The van der Waals surface area contributed by atoms with Gasteiger partial charge in [0.25, 0.3) is 0 Å². The van der Waals surface area contributed by atoms with Gasteiger partial charge in [0, 0.05) is 23.3 Å². The van der Waals surface area contributed by atoms with Gasteiger partial charge in [0.2, 0.25) is 0 Å². The molecule has 108 valence electrons. The molecule has 4 nitrogen and oxygen atoms in total. The van der Waals surface area contributed by atoms with Crippen LogP contribution in [0.2, 0.25) is 0 Å². The molecule has 0 fully saturated rings. The molecule has 4 heteroatoms. The van der Waals surface area contributed by atoms with Crippen LogP contribution in [-0.4, -0.2) is 27.5 Å². The monoisotopic (exact) mass is 265 g/mol. The lowest BCUT2D eigenvalue weighted by molar-refractivity contribution is 0.266. The largest absolute Gasteiger partial charge is 0.394 e. The normalized spacial score (nSPS) is 20.6. The molecule has 0 spiro atoms. The van der Waals surface area contributed by atoms with Gasteiger partial charge in [-0.1, -0.05) is 13.8 Å². The Balaban J connectivity index is 2.05. The van der Waals surface area contributed by atoms with Gasteiger partial charge < -0.3 is 10.4 Å². The van der Waals surface area contributed by atoms with Crippen LogP contribution in [-0.2, 0) is 13.0 Å². The van der Waals surface area contributed by atoms with Crippen LogP contribution in [0.1, 0.15) is 57.3 Å². The van der Waals surface area contributed by atoms with Crippen molar-refractivity contribution < 1.29 is 5.11 Å². The quantitative estimate of drug-likeness (QED) is 0.829. The summed E-state index contributed by atoms with van der Waals surface area (Å²) in [4.78, 5) is 0. The molecule has 0 aromatic carbocycles. The molecule has 0 amide bonds. The Morgan fingerprint density at radius 3 is 2.95 bits per heavy atom. The number of hydrogen-bond donors (Lipinski definition) is 2. The SMILES string of the molecule is CC(C)C[C@H](C)N[C@H]1CCCc2c1cnn2CCO. The van der Waals surface area contributed by atoms with Gasteiger partial charge in [-0.2, -0.15) is 5.10 Å². The van der Waals surface area contributed by atoms with Crippen molar-refractivity contribution in [3.8, 4) is 0 Å². The summed E-state index contributed by atoms with van der Waals surface area (Å²) in [6.45, 7) is 7.58. The lowest BCUT2D eigenvalue weighted by atomic mass is 9.91. The maximum Gasteiger partial charge on any atom is 0.0644 e. The summed E-state index contributed by atoms with van der Waals surface area (Å²) < 4.78 is 1.97. The Labute approximate surface area is 116 Å². The molecule has 0 bridgehead atoms. The molecule has 0 aliphatic heterocycles. The van der Waals surface area contributed by atoms with E-state index in [1.54, 1.807) is 0 Å². The van der Waals surface area contributed by atoms with Crippen LogP contribution in [0.3, 0.4) is 0 Å². The van der Waals surface area contributed by atoms with E-state index < -0.39 is 0 Å². The summed E-state index contributed by atoms with van der Waals surface area (Å²) in [7, 11) is 0. The van der Waals surface area contributed by atoms with Crippen LogP contribution in [0, 0.1) is 5.92 Å². The minimum atomic E-state index is 0.163. The Morgan fingerprint density at radius 2 is 2.26 bits per heavy atom. The predicted octanol–water partition coefficient (Wildman–Crippen LogP) is 2.28. The number of aliphatic hydroxyl groups is 1. The first-order chi connectivity index (χ1) is 9.11. The zero-order valence-corrected chi connectivity index (χ0v) is 12.4. The second-order valence-corrected chi connectivity index (χ2v) is 6.14. The number of aliphatic hydroxyl groups excluding tert-OH is 1. The van der Waals surface area contributed by atoms with E-state index >= 15 is 0 Å². The Bertz CT molecular complexity index is 400. The molecular weight excluding hydrogens is 238 g/mol.